The lowest BCUT2D eigenvalue weighted by molar-refractivity contribution is 0.413. The molecular weight excluding hydrogens is 356 g/mol. The van der Waals surface area contributed by atoms with Crippen molar-refractivity contribution in [3.8, 4) is 5.75 Å². The number of anilines is 1. The molecule has 1 aliphatic rings. The fourth-order valence-corrected chi connectivity index (χ4v) is 4.53. The molecule has 5 rings (SSSR count). The van der Waals surface area contributed by atoms with E-state index in [1.54, 1.807) is 7.11 Å². The topological polar surface area (TPSA) is 37.0 Å². The van der Waals surface area contributed by atoms with Gasteiger partial charge in [0.15, 0.2) is 0 Å². The summed E-state index contributed by atoms with van der Waals surface area (Å²) in [6.07, 6.45) is 3.27. The van der Waals surface area contributed by atoms with Crippen molar-refractivity contribution in [3.05, 3.63) is 95.7 Å². The van der Waals surface area contributed by atoms with Gasteiger partial charge in [-0.15, -0.1) is 0 Å². The maximum absolute atomic E-state index is 5.52. The predicted octanol–water partition coefficient (Wildman–Crippen LogP) is 6.13. The molecule has 0 amide bonds. The summed E-state index contributed by atoms with van der Waals surface area (Å²) < 4.78 is 5.52. The molecule has 29 heavy (non-hydrogen) atoms. The number of hydrogen-bond donors (Lipinski definition) is 2. The van der Waals surface area contributed by atoms with E-state index in [9.17, 15) is 0 Å². The first-order chi connectivity index (χ1) is 14.3. The molecule has 1 aromatic heterocycles. The van der Waals surface area contributed by atoms with Gasteiger partial charge in [0.1, 0.15) is 5.75 Å². The minimum absolute atomic E-state index is 0.328. The molecule has 2 atom stereocenters. The van der Waals surface area contributed by atoms with Crippen molar-refractivity contribution >= 4 is 16.6 Å². The molecule has 1 aliphatic heterocycles. The van der Waals surface area contributed by atoms with Crippen molar-refractivity contribution < 1.29 is 4.74 Å². The van der Waals surface area contributed by atoms with Gasteiger partial charge in [-0.3, -0.25) is 0 Å². The Labute approximate surface area is 171 Å². The van der Waals surface area contributed by atoms with Gasteiger partial charge < -0.3 is 15.0 Å². The van der Waals surface area contributed by atoms with Gasteiger partial charge in [0.25, 0.3) is 0 Å². The Bertz CT molecular complexity index is 1080. The van der Waals surface area contributed by atoms with Crippen LogP contribution in [0.4, 0.5) is 5.69 Å². The van der Waals surface area contributed by atoms with Crippen molar-refractivity contribution in [2.45, 2.75) is 31.2 Å². The number of fused-ring (bicyclic) bond motifs is 2. The molecule has 0 spiro atoms. The maximum atomic E-state index is 5.52. The van der Waals surface area contributed by atoms with Gasteiger partial charge in [-0.05, 0) is 66.1 Å². The van der Waals surface area contributed by atoms with Crippen LogP contribution in [0.25, 0.3) is 10.9 Å². The molecule has 3 nitrogen and oxygen atoms in total. The highest BCUT2D eigenvalue weighted by atomic mass is 16.5. The number of H-pyrrole nitrogens is 1. The molecule has 0 saturated heterocycles. The molecule has 0 unspecified atom stereocenters. The summed E-state index contributed by atoms with van der Waals surface area (Å²) in [5.74, 6) is 1.24. The van der Waals surface area contributed by atoms with Gasteiger partial charge in [0.05, 0.1) is 7.11 Å². The first kappa shape index (κ1) is 17.9. The highest BCUT2D eigenvalue weighted by Crippen LogP contribution is 2.41. The molecule has 2 heterocycles. The van der Waals surface area contributed by atoms with Crippen LogP contribution in [0, 0.1) is 0 Å². The van der Waals surface area contributed by atoms with E-state index in [-0.39, 0.29) is 0 Å². The lowest BCUT2D eigenvalue weighted by atomic mass is 9.83. The molecule has 0 aliphatic carbocycles. The Morgan fingerprint density at radius 1 is 0.931 bits per heavy atom. The minimum Gasteiger partial charge on any atom is -0.497 e. The van der Waals surface area contributed by atoms with Crippen LogP contribution in [-0.2, 0) is 6.42 Å². The van der Waals surface area contributed by atoms with Crippen molar-refractivity contribution in [2.75, 3.05) is 12.4 Å². The summed E-state index contributed by atoms with van der Waals surface area (Å²) in [5, 5.41) is 5.05. The maximum Gasteiger partial charge on any atom is 0.119 e. The average molecular weight is 383 g/mol. The monoisotopic (exact) mass is 382 g/mol. The Kier molecular flexibility index (Phi) is 4.73. The van der Waals surface area contributed by atoms with Gasteiger partial charge in [0.2, 0.25) is 0 Å². The van der Waals surface area contributed by atoms with Crippen LogP contribution in [0.1, 0.15) is 35.6 Å². The molecular formula is C26H26N2O. The summed E-state index contributed by atoms with van der Waals surface area (Å²) in [6.45, 7) is 0. The largest absolute Gasteiger partial charge is 0.497 e. The number of aromatic amines is 1. The predicted molar refractivity (Wildman–Crippen MR) is 120 cm³/mol. The molecule has 0 saturated carbocycles. The quantitative estimate of drug-likeness (QED) is 0.436. The van der Waals surface area contributed by atoms with Crippen LogP contribution in [0.2, 0.25) is 0 Å². The lowest BCUT2D eigenvalue weighted by Crippen LogP contribution is -2.29. The van der Waals surface area contributed by atoms with Crippen LogP contribution in [0.15, 0.2) is 78.9 Å². The number of hydrogen-bond acceptors (Lipinski definition) is 2. The Morgan fingerprint density at radius 3 is 2.59 bits per heavy atom. The number of nitrogens with one attached hydrogen (secondary N) is 2. The normalized spacial score (nSPS) is 18.2. The van der Waals surface area contributed by atoms with Gasteiger partial charge in [-0.1, -0.05) is 48.5 Å². The third-order valence-electron chi connectivity index (χ3n) is 6.06. The molecule has 0 bridgehead atoms. The first-order valence-corrected chi connectivity index (χ1v) is 10.4. The van der Waals surface area contributed by atoms with E-state index in [4.69, 9.17) is 4.74 Å². The fraction of sp³-hybridized carbons (Fsp3) is 0.231. The van der Waals surface area contributed by atoms with E-state index in [1.807, 2.05) is 6.07 Å². The van der Waals surface area contributed by atoms with Crippen molar-refractivity contribution in [1.82, 2.24) is 4.98 Å². The number of rotatable bonds is 5. The molecule has 0 fully saturated rings. The van der Waals surface area contributed by atoms with E-state index in [0.717, 1.165) is 25.0 Å². The summed E-state index contributed by atoms with van der Waals surface area (Å²) in [5.41, 5.74) is 6.42. The van der Waals surface area contributed by atoms with Crippen LogP contribution < -0.4 is 10.1 Å². The molecule has 2 N–H and O–H groups in total. The van der Waals surface area contributed by atoms with Crippen LogP contribution in [0.3, 0.4) is 0 Å². The van der Waals surface area contributed by atoms with Gasteiger partial charge in [-0.2, -0.15) is 0 Å². The zero-order valence-corrected chi connectivity index (χ0v) is 16.7. The average Bonchev–Trinajstić information content (AvgIpc) is 3.21. The summed E-state index contributed by atoms with van der Waals surface area (Å²) in [4.78, 5) is 3.67. The van der Waals surface area contributed by atoms with Gasteiger partial charge in [-0.25, -0.2) is 0 Å². The van der Waals surface area contributed by atoms with E-state index in [0.29, 0.717) is 12.0 Å². The number of para-hydroxylation sites is 1. The molecule has 146 valence electrons. The number of ether oxygens (including phenoxy) is 1. The number of aromatic nitrogens is 1. The fourth-order valence-electron chi connectivity index (χ4n) is 4.53. The highest BCUT2D eigenvalue weighted by molar-refractivity contribution is 5.81. The summed E-state index contributed by atoms with van der Waals surface area (Å²) in [6, 6.07) is 28.4. The Morgan fingerprint density at radius 2 is 1.76 bits per heavy atom. The molecule has 3 aromatic carbocycles. The third-order valence-corrected chi connectivity index (χ3v) is 6.06. The van der Waals surface area contributed by atoms with Crippen molar-refractivity contribution in [2.24, 2.45) is 0 Å². The lowest BCUT2D eigenvalue weighted by Gasteiger charge is -2.33. The van der Waals surface area contributed by atoms with Crippen LogP contribution in [-0.4, -0.2) is 18.1 Å². The standard InChI is InChI=1S/C26H26N2O/c1-29-21-13-14-25-23(17-21)22(26-15-19-9-5-6-10-24(19)28-26)16-20(27-25)12-11-18-7-3-2-4-8-18/h2-10,13-15,17,20,22,27-28H,11-12,16H2,1H3/t20-,22-/m1/s1. The van der Waals surface area contributed by atoms with Crippen molar-refractivity contribution in [3.63, 3.8) is 0 Å². The van der Waals surface area contributed by atoms with Crippen molar-refractivity contribution in [1.29, 1.82) is 0 Å². The number of benzene rings is 3. The zero-order chi connectivity index (χ0) is 19.6. The summed E-state index contributed by atoms with van der Waals surface area (Å²) in [7, 11) is 1.73. The second kappa shape index (κ2) is 7.67. The third kappa shape index (κ3) is 3.61. The van der Waals surface area contributed by atoms with Crippen LogP contribution >= 0.6 is 0 Å². The number of aryl methyl sites for hydroxylation is 1. The summed E-state index contributed by atoms with van der Waals surface area (Å²) >= 11 is 0. The Hall–Kier alpha value is -3.20. The van der Waals surface area contributed by atoms with Crippen LogP contribution in [0.5, 0.6) is 5.75 Å². The molecule has 0 radical (unpaired) electrons. The van der Waals surface area contributed by atoms with Gasteiger partial charge in [0, 0.05) is 28.9 Å². The van der Waals surface area contributed by atoms with E-state index in [1.165, 1.54) is 33.4 Å². The second-order valence-corrected chi connectivity index (χ2v) is 7.92. The SMILES string of the molecule is COc1ccc2c(c1)[C@H](c1cc3ccccc3[nH]1)C[C@@H](CCc1ccccc1)N2. The smallest absolute Gasteiger partial charge is 0.119 e. The molecule has 4 aromatic rings. The second-order valence-electron chi connectivity index (χ2n) is 7.92. The van der Waals surface area contributed by atoms with E-state index in [2.05, 4.69) is 83.1 Å². The van der Waals surface area contributed by atoms with E-state index >= 15 is 0 Å². The highest BCUT2D eigenvalue weighted by Gasteiger charge is 2.29. The first-order valence-electron chi connectivity index (χ1n) is 10.4. The number of methoxy groups -OCH3 is 1. The molecule has 3 heteroatoms. The Balaban J connectivity index is 1.47. The van der Waals surface area contributed by atoms with Gasteiger partial charge >= 0.3 is 0 Å². The minimum atomic E-state index is 0.328. The zero-order valence-electron chi connectivity index (χ0n) is 16.7. The van der Waals surface area contributed by atoms with E-state index < -0.39 is 0 Å².